The zero-order valence-electron chi connectivity index (χ0n) is 11.1. The van der Waals surface area contributed by atoms with Crippen LogP contribution in [0.15, 0.2) is 36.7 Å². The van der Waals surface area contributed by atoms with Crippen LogP contribution in [0, 0.1) is 0 Å². The number of ether oxygens (including phenoxy) is 1. The van der Waals surface area contributed by atoms with Gasteiger partial charge in [0.2, 0.25) is 0 Å². The standard InChI is InChI=1S/C14H18ClN3O/c1-10(16)14(12-7-17-18(2)8-12)19-9-11-5-3-4-6-13(11)15/h3-8,10,14H,9,16H2,1-2H3. The van der Waals surface area contributed by atoms with Crippen molar-refractivity contribution in [3.63, 3.8) is 0 Å². The Kier molecular flexibility index (Phi) is 4.58. The third-order valence-corrected chi connectivity index (χ3v) is 3.28. The molecule has 0 aliphatic carbocycles. The van der Waals surface area contributed by atoms with E-state index in [9.17, 15) is 0 Å². The molecule has 2 atom stereocenters. The minimum absolute atomic E-state index is 0.119. The highest BCUT2D eigenvalue weighted by atomic mass is 35.5. The Morgan fingerprint density at radius 2 is 2.16 bits per heavy atom. The van der Waals surface area contributed by atoms with Crippen molar-refractivity contribution in [3.8, 4) is 0 Å². The topological polar surface area (TPSA) is 53.1 Å². The summed E-state index contributed by atoms with van der Waals surface area (Å²) in [6, 6.07) is 7.52. The molecule has 0 bridgehead atoms. The highest BCUT2D eigenvalue weighted by Crippen LogP contribution is 2.23. The molecule has 1 aromatic heterocycles. The summed E-state index contributed by atoms with van der Waals surface area (Å²) in [6.07, 6.45) is 3.51. The highest BCUT2D eigenvalue weighted by Gasteiger charge is 2.19. The van der Waals surface area contributed by atoms with Gasteiger partial charge in [-0.3, -0.25) is 4.68 Å². The Bertz CT molecular complexity index is 539. The molecule has 0 amide bonds. The fraction of sp³-hybridized carbons (Fsp3) is 0.357. The van der Waals surface area contributed by atoms with Gasteiger partial charge in [0.05, 0.1) is 12.8 Å². The summed E-state index contributed by atoms with van der Waals surface area (Å²) in [6.45, 7) is 2.35. The van der Waals surface area contributed by atoms with Crippen LogP contribution in [-0.4, -0.2) is 15.8 Å². The molecule has 0 radical (unpaired) electrons. The molecule has 2 aromatic rings. The number of rotatable bonds is 5. The Labute approximate surface area is 118 Å². The van der Waals surface area contributed by atoms with Gasteiger partial charge in [0.25, 0.3) is 0 Å². The van der Waals surface area contributed by atoms with Crippen LogP contribution in [0.3, 0.4) is 0 Å². The molecule has 1 heterocycles. The van der Waals surface area contributed by atoms with E-state index in [2.05, 4.69) is 5.10 Å². The van der Waals surface area contributed by atoms with E-state index in [1.165, 1.54) is 0 Å². The second-order valence-corrected chi connectivity index (χ2v) is 5.04. The number of aryl methyl sites for hydroxylation is 1. The van der Waals surface area contributed by atoms with Gasteiger partial charge in [0.1, 0.15) is 6.10 Å². The fourth-order valence-electron chi connectivity index (χ4n) is 1.93. The van der Waals surface area contributed by atoms with Gasteiger partial charge in [-0.1, -0.05) is 29.8 Å². The normalized spacial score (nSPS) is 14.3. The average Bonchev–Trinajstić information content (AvgIpc) is 2.78. The molecule has 0 fully saturated rings. The number of aromatic nitrogens is 2. The molecule has 0 aliphatic rings. The summed E-state index contributed by atoms with van der Waals surface area (Å²) in [4.78, 5) is 0. The number of nitrogens with two attached hydrogens (primary N) is 1. The Hall–Kier alpha value is -1.36. The molecule has 0 aliphatic heterocycles. The lowest BCUT2D eigenvalue weighted by molar-refractivity contribution is 0.0259. The van der Waals surface area contributed by atoms with Crippen LogP contribution in [0.4, 0.5) is 0 Å². The Balaban J connectivity index is 2.08. The predicted octanol–water partition coefficient (Wildman–Crippen LogP) is 2.68. The number of halogens is 1. The Morgan fingerprint density at radius 3 is 2.74 bits per heavy atom. The summed E-state index contributed by atoms with van der Waals surface area (Å²) in [5.74, 6) is 0. The number of nitrogens with zero attached hydrogens (tertiary/aromatic N) is 2. The molecular formula is C14H18ClN3O. The summed E-state index contributed by atoms with van der Waals surface area (Å²) in [7, 11) is 1.87. The van der Waals surface area contributed by atoms with E-state index < -0.39 is 0 Å². The van der Waals surface area contributed by atoms with E-state index in [0.717, 1.165) is 11.1 Å². The molecule has 4 nitrogen and oxygen atoms in total. The summed E-state index contributed by atoms with van der Waals surface area (Å²) in [5.41, 5.74) is 7.92. The van der Waals surface area contributed by atoms with E-state index in [4.69, 9.17) is 22.1 Å². The van der Waals surface area contributed by atoms with Crippen molar-refractivity contribution in [3.05, 3.63) is 52.8 Å². The molecule has 2 unspecified atom stereocenters. The average molecular weight is 280 g/mol. The molecule has 0 saturated heterocycles. The van der Waals surface area contributed by atoms with Gasteiger partial charge in [-0.05, 0) is 18.6 Å². The highest BCUT2D eigenvalue weighted by molar-refractivity contribution is 6.31. The van der Waals surface area contributed by atoms with Crippen molar-refractivity contribution < 1.29 is 4.74 Å². The van der Waals surface area contributed by atoms with E-state index >= 15 is 0 Å². The van der Waals surface area contributed by atoms with Gasteiger partial charge in [0.15, 0.2) is 0 Å². The van der Waals surface area contributed by atoms with Gasteiger partial charge in [0, 0.05) is 29.9 Å². The maximum Gasteiger partial charge on any atom is 0.101 e. The molecule has 2 N–H and O–H groups in total. The third-order valence-electron chi connectivity index (χ3n) is 2.91. The first kappa shape index (κ1) is 14.1. The first-order valence-electron chi connectivity index (χ1n) is 6.17. The van der Waals surface area contributed by atoms with Crippen LogP contribution in [0.25, 0.3) is 0 Å². The molecule has 1 aromatic carbocycles. The Morgan fingerprint density at radius 1 is 1.42 bits per heavy atom. The van der Waals surface area contributed by atoms with Crippen molar-refractivity contribution in [2.24, 2.45) is 12.8 Å². The lowest BCUT2D eigenvalue weighted by atomic mass is 10.1. The van der Waals surface area contributed by atoms with Gasteiger partial charge in [-0.25, -0.2) is 0 Å². The third kappa shape index (κ3) is 3.56. The molecule has 0 spiro atoms. The van der Waals surface area contributed by atoms with Crippen LogP contribution in [0.2, 0.25) is 5.02 Å². The van der Waals surface area contributed by atoms with E-state index in [1.54, 1.807) is 10.9 Å². The maximum absolute atomic E-state index is 6.11. The van der Waals surface area contributed by atoms with Gasteiger partial charge in [-0.2, -0.15) is 5.10 Å². The van der Waals surface area contributed by atoms with Gasteiger partial charge in [-0.15, -0.1) is 0 Å². The zero-order valence-corrected chi connectivity index (χ0v) is 11.8. The SMILES string of the molecule is CC(N)C(OCc1ccccc1Cl)c1cnn(C)c1. The molecular weight excluding hydrogens is 262 g/mol. The van der Waals surface area contributed by atoms with Crippen LogP contribution in [0.1, 0.15) is 24.2 Å². The van der Waals surface area contributed by atoms with Crippen molar-refractivity contribution >= 4 is 11.6 Å². The first-order valence-corrected chi connectivity index (χ1v) is 6.55. The van der Waals surface area contributed by atoms with Crippen LogP contribution in [0.5, 0.6) is 0 Å². The maximum atomic E-state index is 6.11. The summed E-state index contributed by atoms with van der Waals surface area (Å²) in [5, 5.41) is 4.85. The molecule has 19 heavy (non-hydrogen) atoms. The summed E-state index contributed by atoms with van der Waals surface area (Å²) < 4.78 is 7.65. The lowest BCUT2D eigenvalue weighted by Crippen LogP contribution is -2.26. The second-order valence-electron chi connectivity index (χ2n) is 4.63. The zero-order chi connectivity index (χ0) is 13.8. The molecule has 0 saturated carbocycles. The van der Waals surface area contributed by atoms with Crippen molar-refractivity contribution in [1.29, 1.82) is 0 Å². The minimum atomic E-state index is -0.190. The predicted molar refractivity (Wildman–Crippen MR) is 75.8 cm³/mol. The summed E-state index contributed by atoms with van der Waals surface area (Å²) >= 11 is 6.11. The van der Waals surface area contributed by atoms with E-state index in [-0.39, 0.29) is 12.1 Å². The molecule has 2 rings (SSSR count). The molecule has 102 valence electrons. The van der Waals surface area contributed by atoms with E-state index in [0.29, 0.717) is 11.6 Å². The van der Waals surface area contributed by atoms with Crippen molar-refractivity contribution in [1.82, 2.24) is 9.78 Å². The quantitative estimate of drug-likeness (QED) is 0.915. The number of hydrogen-bond acceptors (Lipinski definition) is 3. The van der Waals surface area contributed by atoms with Crippen molar-refractivity contribution in [2.45, 2.75) is 25.7 Å². The van der Waals surface area contributed by atoms with Crippen LogP contribution < -0.4 is 5.73 Å². The monoisotopic (exact) mass is 279 g/mol. The first-order chi connectivity index (χ1) is 9.08. The minimum Gasteiger partial charge on any atom is -0.367 e. The second kappa shape index (κ2) is 6.19. The number of hydrogen-bond donors (Lipinski definition) is 1. The fourth-order valence-corrected chi connectivity index (χ4v) is 2.12. The van der Waals surface area contributed by atoms with Gasteiger partial charge >= 0.3 is 0 Å². The largest absolute Gasteiger partial charge is 0.367 e. The van der Waals surface area contributed by atoms with Crippen molar-refractivity contribution in [2.75, 3.05) is 0 Å². The van der Waals surface area contributed by atoms with Crippen LogP contribution in [-0.2, 0) is 18.4 Å². The molecule has 5 heteroatoms. The number of benzene rings is 1. The lowest BCUT2D eigenvalue weighted by Gasteiger charge is -2.20. The smallest absolute Gasteiger partial charge is 0.101 e. The van der Waals surface area contributed by atoms with E-state index in [1.807, 2.05) is 44.4 Å². The van der Waals surface area contributed by atoms with Crippen LogP contribution >= 0.6 is 11.6 Å². The van der Waals surface area contributed by atoms with Gasteiger partial charge < -0.3 is 10.5 Å².